The van der Waals surface area contributed by atoms with Gasteiger partial charge in [0.1, 0.15) is 17.9 Å². The number of nitrogens with two attached hydrogens (primary N) is 1. The minimum atomic E-state index is -3.80. The summed E-state index contributed by atoms with van der Waals surface area (Å²) in [6, 6.07) is 11.5. The van der Waals surface area contributed by atoms with Crippen LogP contribution in [-0.2, 0) is 10.0 Å². The van der Waals surface area contributed by atoms with Gasteiger partial charge in [0.2, 0.25) is 0 Å². The number of unbranched alkanes of at least 4 members (excludes halogenated alkanes) is 2. The highest BCUT2D eigenvalue weighted by molar-refractivity contribution is 7.92. The third kappa shape index (κ3) is 8.07. The third-order valence-electron chi connectivity index (χ3n) is 5.40. The standard InChI is InChI=1S/C26H37N5O3S/c1-5-6-7-15-31(19-26(2,3)4)16-17-34-23-10-8-9-22-25(23)28-18-24(29-22)30-35(32,33)21-13-11-20(27)12-14-21/h8-14,18H,5-7,15-17,19,27H2,1-4H3,(H,29,30). The van der Waals surface area contributed by atoms with Crippen LogP contribution in [0.3, 0.4) is 0 Å². The third-order valence-corrected chi connectivity index (χ3v) is 6.78. The van der Waals surface area contributed by atoms with Gasteiger partial charge in [0, 0.05) is 18.8 Å². The molecule has 0 aliphatic rings. The highest BCUT2D eigenvalue weighted by Crippen LogP contribution is 2.25. The number of nitrogens with one attached hydrogen (secondary N) is 1. The molecule has 0 saturated heterocycles. The summed E-state index contributed by atoms with van der Waals surface area (Å²) in [6.07, 6.45) is 5.01. The van der Waals surface area contributed by atoms with Crippen LogP contribution in [0, 0.1) is 5.41 Å². The Kier molecular flexibility index (Phi) is 8.91. The summed E-state index contributed by atoms with van der Waals surface area (Å²) in [7, 11) is -3.80. The zero-order chi connectivity index (χ0) is 25.5. The lowest BCUT2D eigenvalue weighted by atomic mass is 9.96. The topological polar surface area (TPSA) is 110 Å². The van der Waals surface area contributed by atoms with E-state index in [9.17, 15) is 8.42 Å². The molecule has 0 spiro atoms. The monoisotopic (exact) mass is 499 g/mol. The number of sulfonamides is 1. The van der Waals surface area contributed by atoms with Gasteiger partial charge in [0.15, 0.2) is 5.82 Å². The van der Waals surface area contributed by atoms with Crippen molar-refractivity contribution in [2.45, 2.75) is 51.9 Å². The molecule has 0 fully saturated rings. The Morgan fingerprint density at radius 1 is 1.06 bits per heavy atom. The SMILES string of the molecule is CCCCCN(CCOc1cccc2nc(NS(=O)(=O)c3ccc(N)cc3)cnc12)CC(C)(C)C. The average Bonchev–Trinajstić information content (AvgIpc) is 2.78. The molecule has 0 saturated carbocycles. The number of aromatic nitrogens is 2. The van der Waals surface area contributed by atoms with E-state index in [1.807, 2.05) is 12.1 Å². The molecule has 3 aromatic rings. The lowest BCUT2D eigenvalue weighted by molar-refractivity contribution is 0.158. The highest BCUT2D eigenvalue weighted by atomic mass is 32.2. The van der Waals surface area contributed by atoms with E-state index >= 15 is 0 Å². The first-order valence-electron chi connectivity index (χ1n) is 12.1. The first-order valence-corrected chi connectivity index (χ1v) is 13.5. The minimum Gasteiger partial charge on any atom is -0.490 e. The first-order chi connectivity index (χ1) is 16.6. The Hall–Kier alpha value is -2.91. The minimum absolute atomic E-state index is 0.101. The van der Waals surface area contributed by atoms with Crippen molar-refractivity contribution in [3.8, 4) is 5.75 Å². The van der Waals surface area contributed by atoms with Crippen molar-refractivity contribution in [1.29, 1.82) is 0 Å². The molecule has 9 heteroatoms. The highest BCUT2D eigenvalue weighted by Gasteiger charge is 2.18. The number of fused-ring (bicyclic) bond motifs is 1. The molecule has 190 valence electrons. The number of nitrogens with zero attached hydrogens (tertiary/aromatic N) is 3. The van der Waals surface area contributed by atoms with Gasteiger partial charge in [-0.05, 0) is 54.8 Å². The van der Waals surface area contributed by atoms with Gasteiger partial charge in [0.05, 0.1) is 16.6 Å². The molecule has 1 heterocycles. The van der Waals surface area contributed by atoms with Gasteiger partial charge in [0.25, 0.3) is 10.0 Å². The average molecular weight is 500 g/mol. The Morgan fingerprint density at radius 2 is 1.80 bits per heavy atom. The van der Waals surface area contributed by atoms with Crippen molar-refractivity contribution < 1.29 is 13.2 Å². The lowest BCUT2D eigenvalue weighted by Crippen LogP contribution is -2.36. The molecular formula is C26H37N5O3S. The largest absolute Gasteiger partial charge is 0.490 e. The number of anilines is 2. The van der Waals surface area contributed by atoms with Crippen LogP contribution in [-0.4, -0.2) is 49.5 Å². The summed E-state index contributed by atoms with van der Waals surface area (Å²) in [5.41, 5.74) is 7.50. The van der Waals surface area contributed by atoms with Crippen LogP contribution < -0.4 is 15.2 Å². The molecular weight excluding hydrogens is 462 g/mol. The molecule has 0 unspecified atom stereocenters. The molecule has 35 heavy (non-hydrogen) atoms. The van der Waals surface area contributed by atoms with E-state index in [1.54, 1.807) is 6.07 Å². The zero-order valence-corrected chi connectivity index (χ0v) is 21.9. The summed E-state index contributed by atoms with van der Waals surface area (Å²) in [5.74, 6) is 0.769. The van der Waals surface area contributed by atoms with Crippen molar-refractivity contribution in [2.75, 3.05) is 36.7 Å². The van der Waals surface area contributed by atoms with Crippen molar-refractivity contribution in [3.05, 3.63) is 48.7 Å². The maximum atomic E-state index is 12.7. The smallest absolute Gasteiger partial charge is 0.263 e. The van der Waals surface area contributed by atoms with Gasteiger partial charge in [-0.25, -0.2) is 18.4 Å². The summed E-state index contributed by atoms with van der Waals surface area (Å²) in [5, 5.41) is 0. The zero-order valence-electron chi connectivity index (χ0n) is 21.1. The molecule has 0 aliphatic heterocycles. The molecule has 0 amide bonds. The number of benzene rings is 2. The van der Waals surface area contributed by atoms with Crippen LogP contribution in [0.2, 0.25) is 0 Å². The molecule has 0 aliphatic carbocycles. The fourth-order valence-electron chi connectivity index (χ4n) is 3.84. The van der Waals surface area contributed by atoms with E-state index in [4.69, 9.17) is 10.5 Å². The maximum Gasteiger partial charge on any atom is 0.263 e. The van der Waals surface area contributed by atoms with E-state index < -0.39 is 10.0 Å². The van der Waals surface area contributed by atoms with E-state index in [-0.39, 0.29) is 16.1 Å². The lowest BCUT2D eigenvalue weighted by Gasteiger charge is -2.30. The van der Waals surface area contributed by atoms with Crippen molar-refractivity contribution in [2.24, 2.45) is 5.41 Å². The number of ether oxygens (including phenoxy) is 1. The molecule has 3 N–H and O–H groups in total. The molecule has 0 bridgehead atoms. The van der Waals surface area contributed by atoms with Crippen molar-refractivity contribution in [1.82, 2.24) is 14.9 Å². The van der Waals surface area contributed by atoms with Crippen LogP contribution in [0.5, 0.6) is 5.75 Å². The molecule has 1 aromatic heterocycles. The van der Waals surface area contributed by atoms with Crippen molar-refractivity contribution >= 4 is 32.6 Å². The van der Waals surface area contributed by atoms with Crippen LogP contribution >= 0.6 is 0 Å². The quantitative estimate of drug-likeness (QED) is 0.268. The summed E-state index contributed by atoms with van der Waals surface area (Å²) >= 11 is 0. The fourth-order valence-corrected chi connectivity index (χ4v) is 4.82. The first kappa shape index (κ1) is 26.7. The van der Waals surface area contributed by atoms with Crippen LogP contribution in [0.4, 0.5) is 11.5 Å². The Bertz CT molecular complexity index is 1210. The molecule has 3 rings (SSSR count). The summed E-state index contributed by atoms with van der Waals surface area (Å²) < 4.78 is 33.9. The van der Waals surface area contributed by atoms with Gasteiger partial charge in [-0.2, -0.15) is 0 Å². The van der Waals surface area contributed by atoms with E-state index in [2.05, 4.69) is 47.3 Å². The summed E-state index contributed by atoms with van der Waals surface area (Å²) in [4.78, 5) is 11.4. The number of nitrogen functional groups attached to an aromatic ring is 1. The van der Waals surface area contributed by atoms with Gasteiger partial charge >= 0.3 is 0 Å². The van der Waals surface area contributed by atoms with Gasteiger partial charge in [-0.15, -0.1) is 0 Å². The van der Waals surface area contributed by atoms with E-state index in [0.717, 1.165) is 19.6 Å². The van der Waals surface area contributed by atoms with E-state index in [1.165, 1.54) is 49.7 Å². The number of rotatable bonds is 12. The van der Waals surface area contributed by atoms with E-state index in [0.29, 0.717) is 29.1 Å². The van der Waals surface area contributed by atoms with Gasteiger partial charge in [-0.3, -0.25) is 9.62 Å². The summed E-state index contributed by atoms with van der Waals surface area (Å²) in [6.45, 7) is 12.4. The normalized spacial score (nSPS) is 12.3. The maximum absolute atomic E-state index is 12.7. The number of hydrogen-bond acceptors (Lipinski definition) is 7. The molecule has 0 atom stereocenters. The van der Waals surface area contributed by atoms with Crippen LogP contribution in [0.15, 0.2) is 53.6 Å². The Morgan fingerprint density at radius 3 is 2.49 bits per heavy atom. The second-order valence-corrected chi connectivity index (χ2v) is 11.6. The molecule has 0 radical (unpaired) electrons. The van der Waals surface area contributed by atoms with Gasteiger partial charge < -0.3 is 10.5 Å². The number of hydrogen-bond donors (Lipinski definition) is 2. The van der Waals surface area contributed by atoms with Gasteiger partial charge in [-0.1, -0.05) is 46.6 Å². The predicted molar refractivity (Wildman–Crippen MR) is 142 cm³/mol. The Balaban J connectivity index is 1.68. The second kappa shape index (κ2) is 11.7. The predicted octanol–water partition coefficient (Wildman–Crippen LogP) is 4.93. The van der Waals surface area contributed by atoms with Crippen molar-refractivity contribution in [3.63, 3.8) is 0 Å². The van der Waals surface area contributed by atoms with Crippen LogP contribution in [0.25, 0.3) is 11.0 Å². The fraction of sp³-hybridized carbons (Fsp3) is 0.462. The Labute approximate surface area is 209 Å². The number of para-hydroxylation sites is 1. The van der Waals surface area contributed by atoms with Crippen LogP contribution in [0.1, 0.15) is 47.0 Å². The molecule has 8 nitrogen and oxygen atoms in total. The molecule has 2 aromatic carbocycles. The second-order valence-electron chi connectivity index (χ2n) is 9.95.